The van der Waals surface area contributed by atoms with Gasteiger partial charge in [0.15, 0.2) is 0 Å². The van der Waals surface area contributed by atoms with Crippen LogP contribution in [0.15, 0.2) is 109 Å². The zero-order valence-corrected chi connectivity index (χ0v) is 33.7. The van der Waals surface area contributed by atoms with Crippen LogP contribution < -0.4 is 26.2 Å². The van der Waals surface area contributed by atoms with Crippen molar-refractivity contribution in [1.82, 2.24) is 0 Å². The summed E-state index contributed by atoms with van der Waals surface area (Å²) in [4.78, 5) is 5.51. The molecule has 0 spiro atoms. The number of fused-ring (bicyclic) bond motifs is 8. The van der Waals surface area contributed by atoms with Gasteiger partial charge in [0.2, 0.25) is 0 Å². The molecule has 0 N–H and O–H groups in total. The van der Waals surface area contributed by atoms with Crippen molar-refractivity contribution in [3.05, 3.63) is 131 Å². The van der Waals surface area contributed by atoms with Crippen LogP contribution in [0.2, 0.25) is 0 Å². The molecule has 3 heteroatoms. The molecule has 2 unspecified atom stereocenters. The van der Waals surface area contributed by atoms with Crippen LogP contribution in [-0.2, 0) is 16.2 Å². The maximum absolute atomic E-state index is 2.85. The summed E-state index contributed by atoms with van der Waals surface area (Å²) >= 11 is 0. The highest BCUT2D eigenvalue weighted by Gasteiger charge is 2.61. The Morgan fingerprint density at radius 2 is 1.30 bits per heavy atom. The second-order valence-electron chi connectivity index (χ2n) is 19.4. The van der Waals surface area contributed by atoms with Gasteiger partial charge in [-0.2, -0.15) is 0 Å². The standard InChI is InChI=1S/C51H53BN2/c1-32-27-44-46-45(28-32)54-47-39(50(8)25-12-13-26-51(50,54)9)17-14-18-41(47)52(46)40-23-21-37(49(5,6)7)31-43(40)53(44)42-24-22-36(48(2,3)4)30-38(42)35-20-19-33-15-10-11-16-34(33)29-35/h10-11,14-24,27-31H,12-13,25-26H2,1-9H3. The van der Waals surface area contributed by atoms with Crippen LogP contribution in [0.1, 0.15) is 103 Å². The summed E-state index contributed by atoms with van der Waals surface area (Å²) in [5, 5.41) is 2.55. The molecule has 54 heavy (non-hydrogen) atoms. The van der Waals surface area contributed by atoms with Gasteiger partial charge in [-0.05, 0) is 129 Å². The maximum atomic E-state index is 2.85. The van der Waals surface area contributed by atoms with E-state index in [1.807, 2.05) is 0 Å². The molecule has 4 aliphatic rings. The Balaban J connectivity index is 1.31. The van der Waals surface area contributed by atoms with Gasteiger partial charge >= 0.3 is 0 Å². The summed E-state index contributed by atoms with van der Waals surface area (Å²) in [5.74, 6) is 0. The van der Waals surface area contributed by atoms with Crippen LogP contribution >= 0.6 is 0 Å². The summed E-state index contributed by atoms with van der Waals surface area (Å²) < 4.78 is 0. The number of aryl methyl sites for hydroxylation is 1. The molecular formula is C51H53BN2. The average Bonchev–Trinajstić information content (AvgIpc) is 3.35. The van der Waals surface area contributed by atoms with Crippen molar-refractivity contribution in [2.75, 3.05) is 9.80 Å². The fourth-order valence-electron chi connectivity index (χ4n) is 10.9. The lowest BCUT2D eigenvalue weighted by Gasteiger charge is -2.53. The minimum absolute atomic E-state index is 0.00620. The monoisotopic (exact) mass is 704 g/mol. The van der Waals surface area contributed by atoms with Crippen molar-refractivity contribution in [3.8, 4) is 11.1 Å². The van der Waals surface area contributed by atoms with Crippen molar-refractivity contribution in [3.63, 3.8) is 0 Å². The van der Waals surface area contributed by atoms with E-state index in [0.717, 1.165) is 0 Å². The van der Waals surface area contributed by atoms with Crippen LogP contribution in [0, 0.1) is 6.92 Å². The molecule has 6 aromatic carbocycles. The van der Waals surface area contributed by atoms with Gasteiger partial charge < -0.3 is 9.80 Å². The number of rotatable bonds is 2. The largest absolute Gasteiger partial charge is 0.335 e. The van der Waals surface area contributed by atoms with E-state index >= 15 is 0 Å². The Labute approximate surface area is 323 Å². The zero-order valence-electron chi connectivity index (χ0n) is 33.7. The molecule has 1 saturated carbocycles. The first-order valence-corrected chi connectivity index (χ1v) is 20.4. The number of anilines is 5. The van der Waals surface area contributed by atoms with Crippen LogP contribution in [0.5, 0.6) is 0 Å². The molecule has 10 rings (SSSR count). The van der Waals surface area contributed by atoms with Crippen LogP contribution in [0.25, 0.3) is 21.9 Å². The van der Waals surface area contributed by atoms with Gasteiger partial charge in [-0.3, -0.25) is 0 Å². The van der Waals surface area contributed by atoms with Crippen molar-refractivity contribution in [2.45, 2.75) is 110 Å². The van der Waals surface area contributed by atoms with Crippen LogP contribution in [-0.4, -0.2) is 12.3 Å². The highest BCUT2D eigenvalue weighted by molar-refractivity contribution is 7.00. The van der Waals surface area contributed by atoms with E-state index in [4.69, 9.17) is 0 Å². The van der Waals surface area contributed by atoms with Gasteiger partial charge in [0.1, 0.15) is 0 Å². The van der Waals surface area contributed by atoms with E-state index in [2.05, 4.69) is 181 Å². The summed E-state index contributed by atoms with van der Waals surface area (Å²) in [5.41, 5.74) is 19.4. The number of nitrogens with zero attached hydrogens (tertiary/aromatic N) is 2. The Morgan fingerprint density at radius 3 is 2.07 bits per heavy atom. The smallest absolute Gasteiger partial charge is 0.252 e. The second kappa shape index (κ2) is 11.2. The summed E-state index contributed by atoms with van der Waals surface area (Å²) in [6.45, 7) is 21.7. The van der Waals surface area contributed by atoms with Crippen molar-refractivity contribution >= 4 is 62.3 Å². The lowest BCUT2D eigenvalue weighted by Crippen LogP contribution is -2.64. The highest BCUT2D eigenvalue weighted by atomic mass is 15.3. The molecule has 0 bridgehead atoms. The van der Waals surface area contributed by atoms with Crippen molar-refractivity contribution in [1.29, 1.82) is 0 Å². The SMILES string of the molecule is Cc1cc2c3c(c1)N1c4c(cccc4C4(C)CCCCC14C)B3c1ccc(C(C)(C)C)cc1N2c1ccc(C(C)(C)C)cc1-c1ccc2ccccc2c1. The molecule has 3 heterocycles. The fourth-order valence-corrected chi connectivity index (χ4v) is 10.9. The fraction of sp³-hybridized carbons (Fsp3) is 0.333. The van der Waals surface area contributed by atoms with Crippen molar-refractivity contribution in [2.24, 2.45) is 0 Å². The van der Waals surface area contributed by atoms with E-state index in [1.54, 1.807) is 5.56 Å². The lowest BCUT2D eigenvalue weighted by molar-refractivity contribution is 0.195. The molecule has 3 aliphatic heterocycles. The number of benzene rings is 6. The Hall–Kier alpha value is -4.76. The minimum atomic E-state index is 0.00620. The Morgan fingerprint density at radius 1 is 0.593 bits per heavy atom. The predicted octanol–water partition coefficient (Wildman–Crippen LogP) is 11.8. The van der Waals surface area contributed by atoms with E-state index in [1.165, 1.54) is 109 Å². The molecule has 270 valence electrons. The van der Waals surface area contributed by atoms with E-state index in [0.29, 0.717) is 0 Å². The molecule has 2 atom stereocenters. The third kappa shape index (κ3) is 4.54. The van der Waals surface area contributed by atoms with Gasteiger partial charge in [-0.1, -0.05) is 134 Å². The van der Waals surface area contributed by atoms with E-state index in [-0.39, 0.29) is 28.5 Å². The molecule has 2 nitrogen and oxygen atoms in total. The lowest BCUT2D eigenvalue weighted by atomic mass is 9.33. The summed E-state index contributed by atoms with van der Waals surface area (Å²) in [7, 11) is 0. The first-order chi connectivity index (χ1) is 25.7. The third-order valence-electron chi connectivity index (χ3n) is 14.1. The highest BCUT2D eigenvalue weighted by Crippen LogP contribution is 2.62. The molecule has 0 amide bonds. The zero-order chi connectivity index (χ0) is 37.5. The number of hydrogen-bond acceptors (Lipinski definition) is 2. The van der Waals surface area contributed by atoms with Crippen LogP contribution in [0.3, 0.4) is 0 Å². The Kier molecular flexibility index (Phi) is 6.98. The maximum Gasteiger partial charge on any atom is 0.252 e. The molecule has 1 fully saturated rings. The minimum Gasteiger partial charge on any atom is -0.335 e. The number of para-hydroxylation sites is 1. The van der Waals surface area contributed by atoms with Gasteiger partial charge in [0.25, 0.3) is 6.71 Å². The van der Waals surface area contributed by atoms with E-state index in [9.17, 15) is 0 Å². The Bertz CT molecular complexity index is 2550. The molecule has 0 radical (unpaired) electrons. The second-order valence-corrected chi connectivity index (χ2v) is 19.4. The third-order valence-corrected chi connectivity index (χ3v) is 14.1. The van der Waals surface area contributed by atoms with Gasteiger partial charge in [-0.25, -0.2) is 0 Å². The topological polar surface area (TPSA) is 6.48 Å². The first-order valence-electron chi connectivity index (χ1n) is 20.4. The molecular weight excluding hydrogens is 651 g/mol. The molecule has 1 aliphatic carbocycles. The molecule has 0 aromatic heterocycles. The van der Waals surface area contributed by atoms with E-state index < -0.39 is 0 Å². The summed E-state index contributed by atoms with van der Waals surface area (Å²) in [6, 6.07) is 42.9. The van der Waals surface area contributed by atoms with Crippen LogP contribution in [0.4, 0.5) is 28.4 Å². The molecule has 6 aromatic rings. The first kappa shape index (κ1) is 33.8. The van der Waals surface area contributed by atoms with Gasteiger partial charge in [-0.15, -0.1) is 0 Å². The normalized spacial score (nSPS) is 21.2. The number of hydrogen-bond donors (Lipinski definition) is 0. The quantitative estimate of drug-likeness (QED) is 0.165. The summed E-state index contributed by atoms with van der Waals surface area (Å²) in [6.07, 6.45) is 5.03. The van der Waals surface area contributed by atoms with Crippen molar-refractivity contribution < 1.29 is 0 Å². The van der Waals surface area contributed by atoms with Gasteiger partial charge in [0.05, 0.1) is 11.2 Å². The average molecular weight is 705 g/mol. The predicted molar refractivity (Wildman–Crippen MR) is 234 cm³/mol. The van der Waals surface area contributed by atoms with Gasteiger partial charge in [0, 0.05) is 33.7 Å². The molecule has 0 saturated heterocycles.